The largest absolute Gasteiger partial charge is 0.327 e. The molecule has 0 radical (unpaired) electrons. The molecule has 3 unspecified atom stereocenters. The maximum Gasteiger partial charge on any atom is 0.0408 e. The Balaban J connectivity index is 1.61. The summed E-state index contributed by atoms with van der Waals surface area (Å²) < 4.78 is 0. The predicted octanol–water partition coefficient (Wildman–Crippen LogP) is 3.26. The second kappa shape index (κ2) is 4.05. The molecular formula is C14H18ClN. The Hall–Kier alpha value is -0.530. The molecule has 2 aliphatic rings. The van der Waals surface area contributed by atoms with Crippen LogP contribution in [0.3, 0.4) is 0 Å². The van der Waals surface area contributed by atoms with E-state index < -0.39 is 0 Å². The highest BCUT2D eigenvalue weighted by Crippen LogP contribution is 2.55. The second-order valence-corrected chi connectivity index (χ2v) is 5.92. The molecule has 2 heteroatoms. The molecule has 0 heterocycles. The van der Waals surface area contributed by atoms with Crippen LogP contribution in [0.4, 0.5) is 0 Å². The molecule has 2 saturated carbocycles. The van der Waals surface area contributed by atoms with Crippen LogP contribution < -0.4 is 5.73 Å². The van der Waals surface area contributed by atoms with Crippen LogP contribution in [-0.2, 0) is 6.42 Å². The molecule has 2 aliphatic carbocycles. The zero-order valence-electron chi connectivity index (χ0n) is 9.40. The lowest BCUT2D eigenvalue weighted by molar-refractivity contribution is 0.392. The van der Waals surface area contributed by atoms with Crippen LogP contribution in [0.15, 0.2) is 24.3 Å². The summed E-state index contributed by atoms with van der Waals surface area (Å²) in [4.78, 5) is 0. The number of nitrogens with two attached hydrogens (primary N) is 1. The zero-order chi connectivity index (χ0) is 11.1. The summed E-state index contributed by atoms with van der Waals surface area (Å²) >= 11 is 5.98. The van der Waals surface area contributed by atoms with Crippen LogP contribution in [-0.4, -0.2) is 6.04 Å². The molecule has 0 aromatic heterocycles. The maximum atomic E-state index is 6.30. The molecule has 2 fully saturated rings. The molecule has 2 N–H and O–H groups in total. The Morgan fingerprint density at radius 2 is 2.00 bits per heavy atom. The molecular weight excluding hydrogens is 218 g/mol. The van der Waals surface area contributed by atoms with Crippen LogP contribution in [0.5, 0.6) is 0 Å². The minimum atomic E-state index is 0.325. The van der Waals surface area contributed by atoms with Gasteiger partial charge >= 0.3 is 0 Å². The second-order valence-electron chi connectivity index (χ2n) is 5.49. The van der Waals surface area contributed by atoms with Crippen LogP contribution in [0, 0.1) is 17.8 Å². The van der Waals surface area contributed by atoms with Crippen LogP contribution >= 0.6 is 11.6 Å². The highest BCUT2D eigenvalue weighted by molar-refractivity contribution is 6.30. The minimum Gasteiger partial charge on any atom is -0.327 e. The zero-order valence-corrected chi connectivity index (χ0v) is 10.2. The van der Waals surface area contributed by atoms with Gasteiger partial charge in [-0.1, -0.05) is 23.7 Å². The molecule has 3 rings (SSSR count). The first-order chi connectivity index (χ1) is 7.72. The van der Waals surface area contributed by atoms with Crippen molar-refractivity contribution in [1.29, 1.82) is 0 Å². The van der Waals surface area contributed by atoms with Crippen molar-refractivity contribution in [3.05, 3.63) is 34.9 Å². The summed E-state index contributed by atoms with van der Waals surface area (Å²) in [6, 6.07) is 8.42. The van der Waals surface area contributed by atoms with E-state index in [0.717, 1.165) is 29.2 Å². The van der Waals surface area contributed by atoms with E-state index in [2.05, 4.69) is 6.07 Å². The number of hydrogen-bond donors (Lipinski definition) is 1. The van der Waals surface area contributed by atoms with Crippen molar-refractivity contribution in [3.63, 3.8) is 0 Å². The number of benzene rings is 1. The van der Waals surface area contributed by atoms with E-state index >= 15 is 0 Å². The van der Waals surface area contributed by atoms with E-state index in [4.69, 9.17) is 17.3 Å². The molecule has 16 heavy (non-hydrogen) atoms. The first kappa shape index (κ1) is 10.6. The summed E-state index contributed by atoms with van der Waals surface area (Å²) in [5, 5.41) is 0.818. The van der Waals surface area contributed by atoms with Gasteiger partial charge in [0, 0.05) is 11.1 Å². The van der Waals surface area contributed by atoms with Gasteiger partial charge in [0.1, 0.15) is 0 Å². The lowest BCUT2D eigenvalue weighted by atomic mass is 9.90. The molecule has 0 saturated heterocycles. The Morgan fingerprint density at radius 1 is 1.25 bits per heavy atom. The van der Waals surface area contributed by atoms with E-state index in [1.54, 1.807) is 0 Å². The van der Waals surface area contributed by atoms with Crippen LogP contribution in [0.2, 0.25) is 5.02 Å². The van der Waals surface area contributed by atoms with Gasteiger partial charge in [0.05, 0.1) is 0 Å². The van der Waals surface area contributed by atoms with Gasteiger partial charge in [-0.2, -0.15) is 0 Å². The lowest BCUT2D eigenvalue weighted by Gasteiger charge is -2.20. The van der Waals surface area contributed by atoms with Crippen molar-refractivity contribution in [1.82, 2.24) is 0 Å². The third kappa shape index (κ3) is 2.11. The van der Waals surface area contributed by atoms with Crippen molar-refractivity contribution in [2.24, 2.45) is 23.5 Å². The molecule has 1 aromatic rings. The topological polar surface area (TPSA) is 26.0 Å². The van der Waals surface area contributed by atoms with Gasteiger partial charge in [0.15, 0.2) is 0 Å². The highest BCUT2D eigenvalue weighted by Gasteiger charge is 2.47. The van der Waals surface area contributed by atoms with E-state index in [-0.39, 0.29) is 0 Å². The number of halogens is 1. The molecule has 1 aromatic carbocycles. The van der Waals surface area contributed by atoms with Crippen LogP contribution in [0.25, 0.3) is 0 Å². The van der Waals surface area contributed by atoms with Gasteiger partial charge in [-0.15, -0.1) is 0 Å². The number of hydrogen-bond acceptors (Lipinski definition) is 1. The summed E-state index contributed by atoms with van der Waals surface area (Å²) in [6.07, 6.45) is 5.18. The first-order valence-corrected chi connectivity index (χ1v) is 6.60. The lowest BCUT2D eigenvalue weighted by Crippen LogP contribution is -2.31. The molecule has 0 amide bonds. The Morgan fingerprint density at radius 3 is 2.69 bits per heavy atom. The maximum absolute atomic E-state index is 6.30. The molecule has 1 nitrogen and oxygen atoms in total. The smallest absolute Gasteiger partial charge is 0.0408 e. The van der Waals surface area contributed by atoms with E-state index in [0.29, 0.717) is 6.04 Å². The van der Waals surface area contributed by atoms with E-state index in [9.17, 15) is 0 Å². The van der Waals surface area contributed by atoms with Gasteiger partial charge in [-0.05, 0) is 61.1 Å². The minimum absolute atomic E-state index is 0.325. The third-order valence-electron chi connectivity index (χ3n) is 4.25. The van der Waals surface area contributed by atoms with Gasteiger partial charge in [-0.3, -0.25) is 0 Å². The SMILES string of the molecule is NC(Cc1cccc(Cl)c1)C1CC2CC2C1. The standard InChI is InChI=1S/C14H18ClN/c15-13-3-1-2-9(4-13)5-14(16)12-7-10-6-11(10)8-12/h1-4,10-12,14H,5-8,16H2. The monoisotopic (exact) mass is 235 g/mol. The summed E-state index contributed by atoms with van der Waals surface area (Å²) in [7, 11) is 0. The quantitative estimate of drug-likeness (QED) is 0.855. The van der Waals surface area contributed by atoms with Gasteiger partial charge in [-0.25, -0.2) is 0 Å². The van der Waals surface area contributed by atoms with Gasteiger partial charge < -0.3 is 5.73 Å². The predicted molar refractivity (Wildman–Crippen MR) is 67.5 cm³/mol. The third-order valence-corrected chi connectivity index (χ3v) is 4.48. The summed E-state index contributed by atoms with van der Waals surface area (Å²) in [6.45, 7) is 0. The fourth-order valence-corrected chi connectivity index (χ4v) is 3.43. The Bertz CT molecular complexity index is 380. The Labute approximate surface area is 102 Å². The van der Waals surface area contributed by atoms with E-state index in [1.807, 2.05) is 18.2 Å². The fraction of sp³-hybridized carbons (Fsp3) is 0.571. The van der Waals surface area contributed by atoms with Gasteiger partial charge in [0.25, 0.3) is 0 Å². The first-order valence-electron chi connectivity index (χ1n) is 6.22. The number of fused-ring (bicyclic) bond motifs is 1. The summed E-state index contributed by atoms with van der Waals surface area (Å²) in [5.41, 5.74) is 7.58. The van der Waals surface area contributed by atoms with Crippen molar-refractivity contribution in [3.8, 4) is 0 Å². The van der Waals surface area contributed by atoms with Gasteiger partial charge in [0.2, 0.25) is 0 Å². The van der Waals surface area contributed by atoms with Crippen molar-refractivity contribution in [2.45, 2.75) is 31.7 Å². The Kier molecular flexibility index (Phi) is 2.68. The van der Waals surface area contributed by atoms with Crippen molar-refractivity contribution in [2.75, 3.05) is 0 Å². The molecule has 0 bridgehead atoms. The average Bonchev–Trinajstić information content (AvgIpc) is 2.86. The molecule has 0 spiro atoms. The highest BCUT2D eigenvalue weighted by atomic mass is 35.5. The van der Waals surface area contributed by atoms with Crippen molar-refractivity contribution < 1.29 is 0 Å². The van der Waals surface area contributed by atoms with Crippen LogP contribution in [0.1, 0.15) is 24.8 Å². The number of rotatable bonds is 3. The normalized spacial score (nSPS) is 33.5. The molecule has 0 aliphatic heterocycles. The average molecular weight is 236 g/mol. The molecule has 3 atom stereocenters. The van der Waals surface area contributed by atoms with Crippen molar-refractivity contribution >= 4 is 11.6 Å². The molecule has 86 valence electrons. The summed E-state index contributed by atoms with van der Waals surface area (Å²) in [5.74, 6) is 2.80. The van der Waals surface area contributed by atoms with E-state index in [1.165, 1.54) is 24.8 Å². The fourth-order valence-electron chi connectivity index (χ4n) is 3.21.